The number of primary amides is 1. The number of carbonyl (C=O) groups is 2. The quantitative estimate of drug-likeness (QED) is 0.666. The normalized spacial score (nSPS) is 19.5. The maximum Gasteiger partial charge on any atom is 0.254 e. The van der Waals surface area contributed by atoms with Crippen LogP contribution in [0, 0.1) is 11.3 Å². The first kappa shape index (κ1) is 19.7. The van der Waals surface area contributed by atoms with E-state index in [1.165, 1.54) is 18.9 Å². The van der Waals surface area contributed by atoms with Gasteiger partial charge in [-0.3, -0.25) is 9.59 Å². The molecule has 2 amide bonds. The van der Waals surface area contributed by atoms with Gasteiger partial charge in [-0.05, 0) is 61.9 Å². The third kappa shape index (κ3) is 3.45. The summed E-state index contributed by atoms with van der Waals surface area (Å²) in [6.07, 6.45) is 5.56. The molecule has 8 nitrogen and oxygen atoms in total. The minimum atomic E-state index is -0.590. The number of ether oxygens (including phenoxy) is 1. The fourth-order valence-electron chi connectivity index (χ4n) is 4.80. The van der Waals surface area contributed by atoms with Crippen LogP contribution in [0.1, 0.15) is 42.1 Å². The van der Waals surface area contributed by atoms with Crippen molar-refractivity contribution in [2.75, 3.05) is 25.4 Å². The van der Waals surface area contributed by atoms with Crippen LogP contribution in [0.4, 0.5) is 5.82 Å². The molecule has 1 saturated heterocycles. The fraction of sp³-hybridized carbons (Fsp3) is 0.435. The van der Waals surface area contributed by atoms with E-state index in [0.717, 1.165) is 43.9 Å². The van der Waals surface area contributed by atoms with E-state index in [-0.39, 0.29) is 22.9 Å². The van der Waals surface area contributed by atoms with Gasteiger partial charge in [0.1, 0.15) is 22.8 Å². The van der Waals surface area contributed by atoms with Crippen molar-refractivity contribution in [1.82, 2.24) is 14.7 Å². The number of carbonyl (C=O) groups excluding carboxylic acids is 2. The van der Waals surface area contributed by atoms with Crippen molar-refractivity contribution in [2.24, 2.45) is 17.1 Å². The second-order valence-corrected chi connectivity index (χ2v) is 9.16. The Morgan fingerprint density at radius 1 is 1.23 bits per heavy atom. The zero-order chi connectivity index (χ0) is 21.8. The van der Waals surface area contributed by atoms with Gasteiger partial charge in [-0.25, -0.2) is 4.68 Å². The Balaban J connectivity index is 1.33. The number of nitrogens with zero attached hydrogens (tertiary/aromatic N) is 3. The summed E-state index contributed by atoms with van der Waals surface area (Å²) in [5.74, 6) is 1.16. The lowest BCUT2D eigenvalue weighted by molar-refractivity contribution is -0.148. The average molecular weight is 422 g/mol. The summed E-state index contributed by atoms with van der Waals surface area (Å²) in [6.45, 7) is 5.74. The molecule has 0 unspecified atom stereocenters. The summed E-state index contributed by atoms with van der Waals surface area (Å²) in [5, 5.41) is 4.68. The number of nitrogens with two attached hydrogens (primary N) is 2. The third-order valence-corrected chi connectivity index (χ3v) is 6.73. The molecule has 4 N–H and O–H groups in total. The number of benzene rings is 1. The zero-order valence-corrected chi connectivity index (χ0v) is 17.4. The molecule has 8 heteroatoms. The van der Waals surface area contributed by atoms with E-state index in [0.29, 0.717) is 17.4 Å². The van der Waals surface area contributed by atoms with Gasteiger partial charge in [0, 0.05) is 24.1 Å². The van der Waals surface area contributed by atoms with Crippen LogP contribution >= 0.6 is 0 Å². The lowest BCUT2D eigenvalue weighted by atomic mass is 9.60. The number of nitrogen functional groups attached to an aromatic ring is 1. The lowest BCUT2D eigenvalue weighted by Crippen LogP contribution is -2.63. The summed E-state index contributed by atoms with van der Waals surface area (Å²) in [4.78, 5) is 25.7. The summed E-state index contributed by atoms with van der Waals surface area (Å²) < 4.78 is 7.52. The largest absolute Gasteiger partial charge is 0.493 e. The molecule has 2 aromatic rings. The van der Waals surface area contributed by atoms with Gasteiger partial charge in [-0.2, -0.15) is 5.10 Å². The second kappa shape index (κ2) is 7.14. The number of anilines is 1. The third-order valence-electron chi connectivity index (χ3n) is 6.73. The predicted octanol–water partition coefficient (Wildman–Crippen LogP) is 2.37. The van der Waals surface area contributed by atoms with Crippen LogP contribution in [-0.2, 0) is 4.79 Å². The first-order valence-corrected chi connectivity index (χ1v) is 10.7. The van der Waals surface area contributed by atoms with E-state index in [1.807, 2.05) is 24.3 Å². The van der Waals surface area contributed by atoms with E-state index >= 15 is 0 Å². The highest BCUT2D eigenvalue weighted by atomic mass is 16.5. The monoisotopic (exact) mass is 421 g/mol. The smallest absolute Gasteiger partial charge is 0.254 e. The van der Waals surface area contributed by atoms with Crippen LogP contribution in [0.3, 0.4) is 0 Å². The number of aromatic nitrogens is 2. The fourth-order valence-corrected chi connectivity index (χ4v) is 4.80. The highest BCUT2D eigenvalue weighted by molar-refractivity contribution is 6.03. The van der Waals surface area contributed by atoms with Gasteiger partial charge in [0.05, 0.1) is 12.6 Å². The van der Waals surface area contributed by atoms with Crippen LogP contribution in [0.25, 0.3) is 11.3 Å². The zero-order valence-electron chi connectivity index (χ0n) is 17.4. The first-order chi connectivity index (χ1) is 14.9. The van der Waals surface area contributed by atoms with Crippen molar-refractivity contribution in [3.05, 3.63) is 42.5 Å². The SMILES string of the molecule is C=CC(=O)N1CC2(CC(n3nc(-c4ccc(OCC5CC5)cc4)c(C(N)=O)c3N)C2)C1. The van der Waals surface area contributed by atoms with E-state index in [1.54, 1.807) is 9.58 Å². The van der Waals surface area contributed by atoms with Gasteiger partial charge in [0.2, 0.25) is 5.91 Å². The molecule has 3 aliphatic rings. The van der Waals surface area contributed by atoms with Gasteiger partial charge < -0.3 is 21.1 Å². The number of hydrogen-bond donors (Lipinski definition) is 2. The van der Waals surface area contributed by atoms with Crippen molar-refractivity contribution in [3.63, 3.8) is 0 Å². The Hall–Kier alpha value is -3.29. The molecule has 1 aromatic heterocycles. The molecule has 1 aliphatic heterocycles. The van der Waals surface area contributed by atoms with Crippen LogP contribution in [0.15, 0.2) is 36.9 Å². The molecule has 162 valence electrons. The molecule has 0 atom stereocenters. The van der Waals surface area contributed by atoms with Crippen molar-refractivity contribution < 1.29 is 14.3 Å². The maximum atomic E-state index is 12.2. The van der Waals surface area contributed by atoms with Crippen molar-refractivity contribution >= 4 is 17.6 Å². The Morgan fingerprint density at radius 3 is 2.48 bits per heavy atom. The summed E-state index contributed by atoms with van der Waals surface area (Å²) in [5.41, 5.74) is 13.6. The molecule has 0 bridgehead atoms. The van der Waals surface area contributed by atoms with Gasteiger partial charge in [0.15, 0.2) is 0 Å². The van der Waals surface area contributed by atoms with Gasteiger partial charge in [-0.15, -0.1) is 0 Å². The van der Waals surface area contributed by atoms with Crippen molar-refractivity contribution in [3.8, 4) is 17.0 Å². The summed E-state index contributed by atoms with van der Waals surface area (Å²) in [7, 11) is 0. The van der Waals surface area contributed by atoms with Crippen LogP contribution in [0.5, 0.6) is 5.75 Å². The van der Waals surface area contributed by atoms with Gasteiger partial charge in [0.25, 0.3) is 5.91 Å². The minimum Gasteiger partial charge on any atom is -0.493 e. The van der Waals surface area contributed by atoms with Crippen molar-refractivity contribution in [1.29, 1.82) is 0 Å². The second-order valence-electron chi connectivity index (χ2n) is 9.16. The maximum absolute atomic E-state index is 12.2. The van der Waals surface area contributed by atoms with Crippen molar-refractivity contribution in [2.45, 2.75) is 31.7 Å². The molecule has 1 aromatic carbocycles. The van der Waals surface area contributed by atoms with Crippen LogP contribution < -0.4 is 16.2 Å². The molecule has 31 heavy (non-hydrogen) atoms. The number of amides is 2. The van der Waals surface area contributed by atoms with Gasteiger partial charge in [-0.1, -0.05) is 6.58 Å². The Morgan fingerprint density at radius 2 is 1.90 bits per heavy atom. The average Bonchev–Trinajstić information content (AvgIpc) is 3.46. The molecule has 3 fully saturated rings. The Kier molecular flexibility index (Phi) is 4.53. The van der Waals surface area contributed by atoms with E-state index in [4.69, 9.17) is 16.2 Å². The summed E-state index contributed by atoms with van der Waals surface area (Å²) >= 11 is 0. The molecular weight excluding hydrogens is 394 g/mol. The Bertz CT molecular complexity index is 1040. The molecule has 1 spiro atoms. The first-order valence-electron chi connectivity index (χ1n) is 10.7. The topological polar surface area (TPSA) is 116 Å². The van der Waals surface area contributed by atoms with E-state index in [9.17, 15) is 9.59 Å². The Labute approximate surface area is 180 Å². The molecule has 2 saturated carbocycles. The molecular formula is C23H27N5O3. The lowest BCUT2D eigenvalue weighted by Gasteiger charge is -2.58. The molecule has 0 radical (unpaired) electrons. The van der Waals surface area contributed by atoms with E-state index < -0.39 is 5.91 Å². The standard InChI is InChI=1S/C23H27N5O3/c1-2-18(29)27-12-23(13-27)9-16(10-23)28-21(24)19(22(25)30)20(26-28)15-5-7-17(8-6-15)31-11-14-3-4-14/h2,5-8,14,16H,1,3-4,9-13,24H2,(H2,25,30). The van der Waals surface area contributed by atoms with E-state index in [2.05, 4.69) is 11.7 Å². The molecule has 5 rings (SSSR count). The highest BCUT2D eigenvalue weighted by Gasteiger charge is 2.54. The number of likely N-dealkylation sites (tertiary alicyclic amines) is 1. The van der Waals surface area contributed by atoms with Gasteiger partial charge >= 0.3 is 0 Å². The molecule has 2 aliphatic carbocycles. The molecule has 2 heterocycles. The highest BCUT2D eigenvalue weighted by Crippen LogP contribution is 2.54. The summed E-state index contributed by atoms with van der Waals surface area (Å²) in [6, 6.07) is 7.63. The van der Waals surface area contributed by atoms with Crippen LogP contribution in [0.2, 0.25) is 0 Å². The number of rotatable bonds is 7. The number of hydrogen-bond acceptors (Lipinski definition) is 5. The van der Waals surface area contributed by atoms with Crippen LogP contribution in [-0.4, -0.2) is 46.2 Å². The minimum absolute atomic E-state index is 0.0319. The predicted molar refractivity (Wildman–Crippen MR) is 116 cm³/mol.